The SMILES string of the molecule is NC1CCCC(Nc2ncc(C3CC3)c(-c3cn(S(=O)(=O)c4ccccc4)c4ccccc34)n2)C1. The zero-order chi connectivity index (χ0) is 24.0. The maximum Gasteiger partial charge on any atom is 0.268 e. The lowest BCUT2D eigenvalue weighted by Crippen LogP contribution is -2.35. The third-order valence-corrected chi connectivity index (χ3v) is 8.80. The fourth-order valence-electron chi connectivity index (χ4n) is 5.15. The summed E-state index contributed by atoms with van der Waals surface area (Å²) in [6.45, 7) is 0. The van der Waals surface area contributed by atoms with Crippen molar-refractivity contribution in [3.05, 3.63) is 72.6 Å². The standard InChI is InChI=1S/C27H29N5O2S/c28-19-7-6-8-20(15-19)30-27-29-16-23(18-13-14-18)26(31-27)24-17-32(25-12-5-4-11-22(24)25)35(33,34)21-9-2-1-3-10-21/h1-5,9-12,16-20H,6-8,13-15,28H2,(H,29,30,31). The Kier molecular flexibility index (Phi) is 5.57. The number of para-hydroxylation sites is 1. The Hall–Kier alpha value is -3.23. The molecule has 0 spiro atoms. The van der Waals surface area contributed by atoms with Gasteiger partial charge in [0.1, 0.15) is 0 Å². The molecule has 0 aliphatic heterocycles. The van der Waals surface area contributed by atoms with E-state index in [1.54, 1.807) is 30.5 Å². The van der Waals surface area contributed by atoms with Gasteiger partial charge in [-0.05, 0) is 62.6 Å². The molecule has 2 aliphatic rings. The van der Waals surface area contributed by atoms with E-state index in [9.17, 15) is 8.42 Å². The molecule has 2 saturated carbocycles. The van der Waals surface area contributed by atoms with E-state index in [1.165, 1.54) is 3.97 Å². The Bertz CT molecular complexity index is 1480. The minimum Gasteiger partial charge on any atom is -0.351 e. The molecule has 2 atom stereocenters. The van der Waals surface area contributed by atoms with Crippen molar-refractivity contribution in [3.8, 4) is 11.3 Å². The fourth-order valence-corrected chi connectivity index (χ4v) is 6.54. The molecule has 180 valence electrons. The van der Waals surface area contributed by atoms with Crippen LogP contribution in [0.5, 0.6) is 0 Å². The zero-order valence-corrected chi connectivity index (χ0v) is 20.3. The van der Waals surface area contributed by atoms with Gasteiger partial charge in [0.2, 0.25) is 5.95 Å². The van der Waals surface area contributed by atoms with Gasteiger partial charge < -0.3 is 11.1 Å². The molecule has 0 saturated heterocycles. The lowest BCUT2D eigenvalue weighted by Gasteiger charge is -2.27. The Morgan fingerprint density at radius 1 is 0.971 bits per heavy atom. The molecule has 8 heteroatoms. The van der Waals surface area contributed by atoms with Crippen molar-refractivity contribution in [1.82, 2.24) is 13.9 Å². The van der Waals surface area contributed by atoms with Gasteiger partial charge in [-0.2, -0.15) is 0 Å². The summed E-state index contributed by atoms with van der Waals surface area (Å²) in [5.41, 5.74) is 9.52. The van der Waals surface area contributed by atoms with E-state index >= 15 is 0 Å². The van der Waals surface area contributed by atoms with Gasteiger partial charge in [-0.3, -0.25) is 0 Å². The topological polar surface area (TPSA) is 103 Å². The van der Waals surface area contributed by atoms with Crippen LogP contribution < -0.4 is 11.1 Å². The number of hydrogen-bond acceptors (Lipinski definition) is 6. The molecular weight excluding hydrogens is 458 g/mol. The van der Waals surface area contributed by atoms with Crippen molar-refractivity contribution in [2.45, 2.75) is 61.4 Å². The molecule has 0 radical (unpaired) electrons. The average Bonchev–Trinajstić information content (AvgIpc) is 3.64. The number of hydrogen-bond donors (Lipinski definition) is 2. The van der Waals surface area contributed by atoms with E-state index in [-0.39, 0.29) is 17.0 Å². The first kappa shape index (κ1) is 22.2. The van der Waals surface area contributed by atoms with Crippen LogP contribution in [0, 0.1) is 0 Å². The molecule has 2 aliphatic carbocycles. The van der Waals surface area contributed by atoms with E-state index in [0.29, 0.717) is 17.4 Å². The number of aromatic nitrogens is 3. The van der Waals surface area contributed by atoms with Crippen molar-refractivity contribution in [3.63, 3.8) is 0 Å². The van der Waals surface area contributed by atoms with Crippen molar-refractivity contribution >= 4 is 26.9 Å². The van der Waals surface area contributed by atoms with Crippen molar-refractivity contribution in [2.24, 2.45) is 5.73 Å². The molecule has 2 aromatic carbocycles. The highest BCUT2D eigenvalue weighted by molar-refractivity contribution is 7.90. The highest BCUT2D eigenvalue weighted by atomic mass is 32.2. The second kappa shape index (κ2) is 8.77. The lowest BCUT2D eigenvalue weighted by atomic mass is 9.92. The van der Waals surface area contributed by atoms with E-state index in [1.807, 2.05) is 36.5 Å². The van der Waals surface area contributed by atoms with E-state index in [4.69, 9.17) is 10.7 Å². The second-order valence-corrected chi connectivity index (χ2v) is 11.5. The summed E-state index contributed by atoms with van der Waals surface area (Å²) in [6, 6.07) is 16.6. The van der Waals surface area contributed by atoms with Crippen LogP contribution in [0.2, 0.25) is 0 Å². The highest BCUT2D eigenvalue weighted by Crippen LogP contribution is 2.45. The normalized spacial score (nSPS) is 20.7. The van der Waals surface area contributed by atoms with Crippen LogP contribution in [0.4, 0.5) is 5.95 Å². The summed E-state index contributed by atoms with van der Waals surface area (Å²) in [6.07, 6.45) is 9.94. The summed E-state index contributed by atoms with van der Waals surface area (Å²) in [5.74, 6) is 0.987. The monoisotopic (exact) mass is 487 g/mol. The number of fused-ring (bicyclic) bond motifs is 1. The Morgan fingerprint density at radius 3 is 2.51 bits per heavy atom. The van der Waals surface area contributed by atoms with E-state index < -0.39 is 10.0 Å². The van der Waals surface area contributed by atoms with Crippen molar-refractivity contribution in [1.29, 1.82) is 0 Å². The first-order valence-electron chi connectivity index (χ1n) is 12.3. The van der Waals surface area contributed by atoms with Gasteiger partial charge in [0.15, 0.2) is 0 Å². The van der Waals surface area contributed by atoms with Crippen LogP contribution in [-0.4, -0.2) is 34.4 Å². The van der Waals surface area contributed by atoms with E-state index in [0.717, 1.165) is 60.7 Å². The van der Waals surface area contributed by atoms with Gasteiger partial charge >= 0.3 is 0 Å². The van der Waals surface area contributed by atoms with Crippen LogP contribution in [0.3, 0.4) is 0 Å². The van der Waals surface area contributed by atoms with Gasteiger partial charge in [-0.25, -0.2) is 22.4 Å². The third-order valence-electron chi connectivity index (χ3n) is 7.12. The number of rotatable bonds is 6. The number of anilines is 1. The molecule has 0 amide bonds. The van der Waals surface area contributed by atoms with Crippen LogP contribution in [0.15, 0.2) is 71.9 Å². The number of nitrogens with two attached hydrogens (primary N) is 1. The molecule has 35 heavy (non-hydrogen) atoms. The predicted molar refractivity (Wildman–Crippen MR) is 138 cm³/mol. The van der Waals surface area contributed by atoms with Crippen LogP contribution >= 0.6 is 0 Å². The first-order chi connectivity index (χ1) is 17.0. The molecular formula is C27H29N5O2S. The summed E-state index contributed by atoms with van der Waals surface area (Å²) < 4.78 is 28.6. The van der Waals surface area contributed by atoms with Crippen LogP contribution in [0.25, 0.3) is 22.2 Å². The van der Waals surface area contributed by atoms with Gasteiger partial charge in [-0.1, -0.05) is 36.4 Å². The van der Waals surface area contributed by atoms with Crippen molar-refractivity contribution in [2.75, 3.05) is 5.32 Å². The molecule has 6 rings (SSSR count). The van der Waals surface area contributed by atoms with Gasteiger partial charge in [0, 0.05) is 41.0 Å². The Labute approximate surface area is 205 Å². The van der Waals surface area contributed by atoms with Crippen LogP contribution in [-0.2, 0) is 10.0 Å². The zero-order valence-electron chi connectivity index (χ0n) is 19.5. The van der Waals surface area contributed by atoms with Gasteiger partial charge in [-0.15, -0.1) is 0 Å². The van der Waals surface area contributed by atoms with Crippen LogP contribution in [0.1, 0.15) is 50.0 Å². The van der Waals surface area contributed by atoms with Gasteiger partial charge in [0.05, 0.1) is 16.1 Å². The quantitative estimate of drug-likeness (QED) is 0.401. The number of nitrogens with one attached hydrogen (secondary N) is 1. The molecule has 2 aromatic heterocycles. The molecule has 2 heterocycles. The minimum absolute atomic E-state index is 0.202. The second-order valence-electron chi connectivity index (χ2n) is 9.71. The smallest absolute Gasteiger partial charge is 0.268 e. The van der Waals surface area contributed by atoms with E-state index in [2.05, 4.69) is 10.3 Å². The molecule has 2 unspecified atom stereocenters. The fraction of sp³-hybridized carbons (Fsp3) is 0.333. The largest absolute Gasteiger partial charge is 0.351 e. The van der Waals surface area contributed by atoms with Gasteiger partial charge in [0.25, 0.3) is 10.0 Å². The summed E-state index contributed by atoms with van der Waals surface area (Å²) in [4.78, 5) is 9.87. The lowest BCUT2D eigenvalue weighted by molar-refractivity contribution is 0.408. The molecule has 4 aromatic rings. The molecule has 7 nitrogen and oxygen atoms in total. The minimum atomic E-state index is -3.77. The molecule has 3 N–H and O–H groups in total. The summed E-state index contributed by atoms with van der Waals surface area (Å²) in [7, 11) is -3.77. The Morgan fingerprint density at radius 2 is 1.74 bits per heavy atom. The summed E-state index contributed by atoms with van der Waals surface area (Å²) >= 11 is 0. The average molecular weight is 488 g/mol. The first-order valence-corrected chi connectivity index (χ1v) is 13.7. The van der Waals surface area contributed by atoms with Crippen molar-refractivity contribution < 1.29 is 8.42 Å². The highest BCUT2D eigenvalue weighted by Gasteiger charge is 2.31. The Balaban J connectivity index is 1.48. The maximum absolute atomic E-state index is 13.6. The predicted octanol–water partition coefficient (Wildman–Crippen LogP) is 4.89. The maximum atomic E-state index is 13.6. The molecule has 2 fully saturated rings. The molecule has 0 bridgehead atoms. The third kappa shape index (κ3) is 4.21. The number of benzene rings is 2. The summed E-state index contributed by atoms with van der Waals surface area (Å²) in [5, 5.41) is 4.35. The number of nitrogens with zero attached hydrogens (tertiary/aromatic N) is 3.